The van der Waals surface area contributed by atoms with E-state index in [0.29, 0.717) is 11.8 Å². The van der Waals surface area contributed by atoms with Gasteiger partial charge in [-0.25, -0.2) is 9.69 Å². The molecule has 3 atom stereocenters. The number of aliphatic hydroxyl groups excluding tert-OH is 1. The molecule has 1 N–H and O–H groups in total. The highest BCUT2D eigenvalue weighted by molar-refractivity contribution is 5.93. The maximum atomic E-state index is 11.9. The highest BCUT2D eigenvalue weighted by Crippen LogP contribution is 2.30. The van der Waals surface area contributed by atoms with Crippen LogP contribution in [0, 0.1) is 5.92 Å². The number of amides is 2. The van der Waals surface area contributed by atoms with E-state index in [4.69, 9.17) is 4.52 Å². The van der Waals surface area contributed by atoms with Crippen molar-refractivity contribution in [3.63, 3.8) is 0 Å². The zero-order chi connectivity index (χ0) is 14.2. The van der Waals surface area contributed by atoms with Crippen LogP contribution in [0.1, 0.15) is 38.8 Å². The fraction of sp³-hybridized carbons (Fsp3) is 0.692. The summed E-state index contributed by atoms with van der Waals surface area (Å²) >= 11 is 0. The van der Waals surface area contributed by atoms with Gasteiger partial charge in [-0.3, -0.25) is 0 Å². The number of hydrogen-bond acceptors (Lipinski definition) is 4. The van der Waals surface area contributed by atoms with Crippen molar-refractivity contribution in [1.82, 2.24) is 10.1 Å². The molecule has 3 unspecified atom stereocenters. The van der Waals surface area contributed by atoms with Crippen molar-refractivity contribution < 1.29 is 14.4 Å². The Morgan fingerprint density at radius 2 is 2.26 bits per heavy atom. The van der Waals surface area contributed by atoms with Crippen LogP contribution >= 0.6 is 0 Å². The first-order valence-corrected chi connectivity index (χ1v) is 6.64. The summed E-state index contributed by atoms with van der Waals surface area (Å²) < 4.78 is 5.22. The molecule has 0 bridgehead atoms. The number of anilines is 1. The standard InChI is InChI=1S/C13H21N3O3/c1-5-8(2)9(3)10-6-12(19-14-10)16-11(17)7-15(4)13(16)18/h6,8-9,11,17H,5,7H2,1-4H3. The number of aliphatic hydroxyl groups is 1. The minimum atomic E-state index is -0.878. The maximum Gasteiger partial charge on any atom is 0.329 e. The molecule has 6 heteroatoms. The fourth-order valence-electron chi connectivity index (χ4n) is 2.21. The fourth-order valence-corrected chi connectivity index (χ4v) is 2.21. The van der Waals surface area contributed by atoms with Gasteiger partial charge in [0.2, 0.25) is 5.88 Å². The Morgan fingerprint density at radius 3 is 2.79 bits per heavy atom. The third-order valence-corrected chi connectivity index (χ3v) is 3.99. The lowest BCUT2D eigenvalue weighted by Crippen LogP contribution is -2.33. The Balaban J connectivity index is 2.19. The summed E-state index contributed by atoms with van der Waals surface area (Å²) in [5, 5.41) is 13.9. The van der Waals surface area contributed by atoms with Gasteiger partial charge in [-0.15, -0.1) is 0 Å². The Labute approximate surface area is 113 Å². The van der Waals surface area contributed by atoms with Gasteiger partial charge in [-0.1, -0.05) is 32.3 Å². The molecule has 6 nitrogen and oxygen atoms in total. The lowest BCUT2D eigenvalue weighted by Gasteiger charge is -2.15. The molecule has 19 heavy (non-hydrogen) atoms. The smallest absolute Gasteiger partial charge is 0.329 e. The second kappa shape index (κ2) is 5.21. The van der Waals surface area contributed by atoms with Crippen LogP contribution in [0.3, 0.4) is 0 Å². The van der Waals surface area contributed by atoms with Crippen LogP contribution in [0.5, 0.6) is 0 Å². The Bertz CT molecular complexity index is 460. The van der Waals surface area contributed by atoms with E-state index < -0.39 is 6.23 Å². The van der Waals surface area contributed by atoms with Crippen molar-refractivity contribution in [2.75, 3.05) is 18.5 Å². The molecular formula is C13H21N3O3. The van der Waals surface area contributed by atoms with E-state index in [-0.39, 0.29) is 18.5 Å². The number of urea groups is 1. The van der Waals surface area contributed by atoms with Crippen molar-refractivity contribution in [3.05, 3.63) is 11.8 Å². The Hall–Kier alpha value is -1.56. The molecule has 0 spiro atoms. The minimum Gasteiger partial charge on any atom is -0.371 e. The molecule has 106 valence electrons. The van der Waals surface area contributed by atoms with Gasteiger partial charge < -0.3 is 14.5 Å². The van der Waals surface area contributed by atoms with Crippen molar-refractivity contribution in [2.45, 2.75) is 39.3 Å². The van der Waals surface area contributed by atoms with E-state index in [1.165, 1.54) is 9.80 Å². The van der Waals surface area contributed by atoms with Crippen molar-refractivity contribution in [1.29, 1.82) is 0 Å². The van der Waals surface area contributed by atoms with Gasteiger partial charge in [0.1, 0.15) is 0 Å². The van der Waals surface area contributed by atoms with Crippen molar-refractivity contribution in [3.8, 4) is 0 Å². The van der Waals surface area contributed by atoms with Crippen LogP contribution in [0.4, 0.5) is 10.7 Å². The number of aromatic nitrogens is 1. The molecule has 2 rings (SSSR count). The van der Waals surface area contributed by atoms with Crippen LogP contribution in [-0.2, 0) is 0 Å². The lowest BCUT2D eigenvalue weighted by molar-refractivity contribution is 0.179. The van der Waals surface area contributed by atoms with E-state index in [9.17, 15) is 9.90 Å². The largest absolute Gasteiger partial charge is 0.371 e. The van der Waals surface area contributed by atoms with Crippen molar-refractivity contribution >= 4 is 11.9 Å². The normalized spacial score (nSPS) is 23.0. The van der Waals surface area contributed by atoms with Crippen LogP contribution in [0.2, 0.25) is 0 Å². The van der Waals surface area contributed by atoms with Crippen LogP contribution in [0.25, 0.3) is 0 Å². The quantitative estimate of drug-likeness (QED) is 0.906. The average molecular weight is 267 g/mol. The molecule has 1 aromatic rings. The topological polar surface area (TPSA) is 69.8 Å². The van der Waals surface area contributed by atoms with Crippen LogP contribution < -0.4 is 4.90 Å². The van der Waals surface area contributed by atoms with E-state index in [2.05, 4.69) is 25.9 Å². The zero-order valence-electron chi connectivity index (χ0n) is 11.8. The predicted octanol–water partition coefficient (Wildman–Crippen LogP) is 2.01. The molecule has 1 aliphatic rings. The van der Waals surface area contributed by atoms with Gasteiger partial charge in [0.05, 0.1) is 12.2 Å². The summed E-state index contributed by atoms with van der Waals surface area (Å²) in [4.78, 5) is 14.6. The number of carbonyl (C=O) groups excluding carboxylic acids is 1. The number of hydrogen-bond donors (Lipinski definition) is 1. The SMILES string of the molecule is CCC(C)C(C)c1cc(N2C(=O)N(C)CC2O)on1. The highest BCUT2D eigenvalue weighted by Gasteiger charge is 2.37. The van der Waals surface area contributed by atoms with E-state index in [1.54, 1.807) is 13.1 Å². The number of rotatable bonds is 4. The van der Waals surface area contributed by atoms with Gasteiger partial charge >= 0.3 is 6.03 Å². The number of β-amino-alcohol motifs (C(OH)–C–C–N with tert-alkyl or cyclic N) is 1. The molecule has 0 aliphatic carbocycles. The van der Waals surface area contributed by atoms with Crippen LogP contribution in [-0.4, -0.2) is 41.0 Å². The van der Waals surface area contributed by atoms with Gasteiger partial charge in [-0.05, 0) is 5.92 Å². The Kier molecular flexibility index (Phi) is 3.80. The van der Waals surface area contributed by atoms with E-state index in [0.717, 1.165) is 12.1 Å². The zero-order valence-corrected chi connectivity index (χ0v) is 11.8. The van der Waals surface area contributed by atoms with Gasteiger partial charge in [0.15, 0.2) is 6.23 Å². The second-order valence-electron chi connectivity index (χ2n) is 5.28. The Morgan fingerprint density at radius 1 is 1.58 bits per heavy atom. The summed E-state index contributed by atoms with van der Waals surface area (Å²) in [6.45, 7) is 6.65. The molecule has 1 aliphatic heterocycles. The van der Waals surface area contributed by atoms with Gasteiger partial charge in [0.25, 0.3) is 0 Å². The van der Waals surface area contributed by atoms with E-state index >= 15 is 0 Å². The molecule has 1 saturated heterocycles. The summed E-state index contributed by atoms with van der Waals surface area (Å²) in [5.41, 5.74) is 0.818. The number of nitrogens with zero attached hydrogens (tertiary/aromatic N) is 3. The average Bonchev–Trinajstić information content (AvgIpc) is 2.94. The molecule has 2 heterocycles. The summed E-state index contributed by atoms with van der Waals surface area (Å²) in [6.07, 6.45) is 0.175. The highest BCUT2D eigenvalue weighted by atomic mass is 16.5. The number of likely N-dealkylation sites (N-methyl/N-ethyl adjacent to an activating group) is 1. The van der Waals surface area contributed by atoms with Crippen LogP contribution in [0.15, 0.2) is 10.6 Å². The maximum absolute atomic E-state index is 11.9. The first-order chi connectivity index (χ1) is 8.95. The first kappa shape index (κ1) is 13.9. The molecule has 1 aromatic heterocycles. The molecule has 0 saturated carbocycles. The predicted molar refractivity (Wildman–Crippen MR) is 70.9 cm³/mol. The molecular weight excluding hydrogens is 246 g/mol. The molecule has 0 radical (unpaired) electrons. The molecule has 2 amide bonds. The summed E-state index contributed by atoms with van der Waals surface area (Å²) in [6, 6.07) is 1.48. The summed E-state index contributed by atoms with van der Waals surface area (Å²) in [7, 11) is 1.64. The lowest BCUT2D eigenvalue weighted by atomic mass is 9.91. The first-order valence-electron chi connectivity index (χ1n) is 6.64. The second-order valence-corrected chi connectivity index (χ2v) is 5.28. The van der Waals surface area contributed by atoms with E-state index in [1.807, 2.05) is 0 Å². The third-order valence-electron chi connectivity index (χ3n) is 3.99. The molecule has 1 fully saturated rings. The third kappa shape index (κ3) is 2.45. The molecule has 0 aromatic carbocycles. The van der Waals surface area contributed by atoms with Gasteiger partial charge in [-0.2, -0.15) is 0 Å². The number of carbonyl (C=O) groups is 1. The summed E-state index contributed by atoms with van der Waals surface area (Å²) in [5.74, 6) is 1.06. The van der Waals surface area contributed by atoms with Gasteiger partial charge in [0, 0.05) is 19.0 Å². The van der Waals surface area contributed by atoms with Crippen molar-refractivity contribution in [2.24, 2.45) is 5.92 Å². The monoisotopic (exact) mass is 267 g/mol. The minimum absolute atomic E-state index is 0.259.